The second-order valence-electron chi connectivity index (χ2n) is 11.6. The molecule has 0 aliphatic rings. The van der Waals surface area contributed by atoms with Crippen molar-refractivity contribution in [2.75, 3.05) is 0 Å². The van der Waals surface area contributed by atoms with E-state index in [4.69, 9.17) is 27.4 Å². The van der Waals surface area contributed by atoms with Crippen LogP contribution < -0.4 is 0 Å². The summed E-state index contributed by atoms with van der Waals surface area (Å²) < 4.78 is 298. The van der Waals surface area contributed by atoms with Crippen molar-refractivity contribution >= 4 is 43.6 Å². The number of rotatable bonds is 6. The van der Waals surface area contributed by atoms with Gasteiger partial charge in [-0.15, -0.1) is 0 Å². The Balaban J connectivity index is 1.41. The molecule has 0 bridgehead atoms. The summed E-state index contributed by atoms with van der Waals surface area (Å²) in [5, 5.41) is -2.51. The van der Waals surface area contributed by atoms with Crippen molar-refractivity contribution < 1.29 is 45.2 Å². The van der Waals surface area contributed by atoms with Gasteiger partial charge in [-0.2, -0.15) is 9.97 Å². The van der Waals surface area contributed by atoms with E-state index in [1.54, 1.807) is 0 Å². The van der Waals surface area contributed by atoms with Crippen LogP contribution in [-0.4, -0.2) is 24.1 Å². The highest BCUT2D eigenvalue weighted by Crippen LogP contribution is 2.38. The SMILES string of the molecule is [2H]c1c([2H])c([2H])c(-c2c([2H])c([2H])c(-c3nc(-c4c([2H])c([2H])c([2H])c([2H])c4-n4c5c([2H])c([2H])c([2H])c([2H])c5c5c([2H])c([2H])c(-c6c([2H])c([2H])c([2H])c([2H])c6[2H])c([2H])c54)nc(-n4c5c([2H])c([2H])c([2H])c([2H])c5c5c([2H])c([2H])c([2H])c([2H])c54)n3)c([2H])c2[2H])c([2H])c1[2H]. The average Bonchev–Trinajstić information content (AvgIpc) is 1.58. The highest BCUT2D eigenvalue weighted by Gasteiger charge is 2.21. The van der Waals surface area contributed by atoms with E-state index >= 15 is 0 Å². The number of hydrogen-bond acceptors (Lipinski definition) is 3. The summed E-state index contributed by atoms with van der Waals surface area (Å²) in [6.07, 6.45) is 0. The van der Waals surface area contributed by atoms with Crippen molar-refractivity contribution in [3.8, 4) is 56.7 Å². The molecule has 0 radical (unpaired) electrons. The van der Waals surface area contributed by atoms with E-state index in [0.717, 1.165) is 0 Å². The molecule has 3 heterocycles. The van der Waals surface area contributed by atoms with Gasteiger partial charge in [-0.25, -0.2) is 4.98 Å². The molecule has 3 aromatic heterocycles. The van der Waals surface area contributed by atoms with Crippen molar-refractivity contribution in [1.29, 1.82) is 0 Å². The molecule has 11 rings (SSSR count). The quantitative estimate of drug-likeness (QED) is 0.170. The zero-order valence-electron chi connectivity index (χ0n) is 60.7. The van der Waals surface area contributed by atoms with Crippen molar-refractivity contribution in [2.45, 2.75) is 0 Å². The molecule has 0 atom stereocenters. The molecular weight excluding hydrogens is 683 g/mol. The van der Waals surface area contributed by atoms with E-state index < -0.39 is 300 Å². The number of para-hydroxylation sites is 4. The molecule has 262 valence electrons. The fraction of sp³-hybridized carbons (Fsp3) is 0. The summed E-state index contributed by atoms with van der Waals surface area (Å²) in [4.78, 5) is 13.5. The van der Waals surface area contributed by atoms with Crippen LogP contribution in [0.4, 0.5) is 0 Å². The van der Waals surface area contributed by atoms with Crippen LogP contribution in [0.25, 0.3) is 100 Å². The maximum Gasteiger partial charge on any atom is 0.238 e. The molecule has 0 aliphatic carbocycles. The number of aromatic nitrogens is 5. The number of benzene rings is 8. The van der Waals surface area contributed by atoms with Gasteiger partial charge < -0.3 is 4.57 Å². The zero-order chi connectivity index (χ0) is 65.7. The fourth-order valence-electron chi connectivity index (χ4n) is 6.10. The molecule has 11 aromatic rings. The predicted octanol–water partition coefficient (Wildman–Crippen LogP) is 12.7. The van der Waals surface area contributed by atoms with Crippen molar-refractivity contribution in [3.05, 3.63) is 199 Å². The summed E-state index contributed by atoms with van der Waals surface area (Å²) in [5.74, 6) is -3.21. The summed E-state index contributed by atoms with van der Waals surface area (Å²) >= 11 is 0. The Morgan fingerprint density at radius 3 is 1.41 bits per heavy atom. The molecule has 5 nitrogen and oxygen atoms in total. The molecule has 0 N–H and O–H groups in total. The van der Waals surface area contributed by atoms with E-state index in [1.807, 2.05) is 0 Å². The summed E-state index contributed by atoms with van der Waals surface area (Å²) in [6.45, 7) is 0. The van der Waals surface area contributed by atoms with E-state index in [1.165, 1.54) is 0 Å². The molecule has 0 unspecified atom stereocenters. The second-order valence-corrected chi connectivity index (χ2v) is 11.6. The third-order valence-corrected chi connectivity index (χ3v) is 8.48. The Labute approximate surface area is 369 Å². The number of fused-ring (bicyclic) bond motifs is 6. The van der Waals surface area contributed by atoms with Gasteiger partial charge in [0.25, 0.3) is 0 Å². The Hall–Kier alpha value is -7.63. The van der Waals surface area contributed by atoms with Crippen molar-refractivity contribution in [1.82, 2.24) is 24.1 Å². The van der Waals surface area contributed by atoms with Crippen LogP contribution in [0.3, 0.4) is 0 Å². The monoisotopic (exact) mass is 748 g/mol. The molecule has 5 heteroatoms. The van der Waals surface area contributed by atoms with Gasteiger partial charge in [0.1, 0.15) is 0 Å². The van der Waals surface area contributed by atoms with Gasteiger partial charge in [0, 0.05) is 32.7 Å². The van der Waals surface area contributed by atoms with Crippen LogP contribution in [-0.2, 0) is 0 Å². The largest absolute Gasteiger partial charge is 0.308 e. The normalized spacial score (nSPS) is 19.8. The second kappa shape index (κ2) is 13.0. The third-order valence-electron chi connectivity index (χ3n) is 8.48. The van der Waals surface area contributed by atoms with E-state index in [0.29, 0.717) is 9.13 Å². The molecule has 0 amide bonds. The zero-order valence-corrected chi connectivity index (χ0v) is 27.7. The maximum atomic E-state index is 9.90. The lowest BCUT2D eigenvalue weighted by atomic mass is 10.0. The van der Waals surface area contributed by atoms with E-state index in [-0.39, 0.29) is 0 Å². The minimum atomic E-state index is -1.19. The first-order valence-electron chi connectivity index (χ1n) is 32.7. The van der Waals surface area contributed by atoms with Crippen LogP contribution in [0, 0.1) is 0 Å². The van der Waals surface area contributed by atoms with E-state index in [2.05, 4.69) is 15.0 Å². The van der Waals surface area contributed by atoms with Crippen LogP contribution in [0.5, 0.6) is 0 Å². The molecule has 8 aromatic carbocycles. The van der Waals surface area contributed by atoms with Gasteiger partial charge in [-0.1, -0.05) is 163 Å². The van der Waals surface area contributed by atoms with Crippen LogP contribution in [0.2, 0.25) is 0 Å². The first kappa shape index (κ1) is 13.0. The maximum absolute atomic E-state index is 9.90. The number of nitrogens with zero attached hydrogens (tertiary/aromatic N) is 5. The summed E-state index contributed by atoms with van der Waals surface area (Å²) in [7, 11) is 0. The van der Waals surface area contributed by atoms with Gasteiger partial charge in [0.05, 0.1) is 73.0 Å². The minimum Gasteiger partial charge on any atom is -0.308 e. The van der Waals surface area contributed by atoms with Crippen LogP contribution in [0.15, 0.2) is 199 Å². The van der Waals surface area contributed by atoms with Gasteiger partial charge in [-0.05, 0) is 58.5 Å². The lowest BCUT2D eigenvalue weighted by Gasteiger charge is -2.15. The lowest BCUT2D eigenvalue weighted by Crippen LogP contribution is -2.07. The predicted molar refractivity (Wildman–Crippen MR) is 230 cm³/mol. The van der Waals surface area contributed by atoms with Crippen LogP contribution >= 0.6 is 0 Å². The summed E-state index contributed by atoms with van der Waals surface area (Å²) in [5.41, 5.74) is -9.36. The van der Waals surface area contributed by atoms with E-state index in [9.17, 15) is 17.8 Å². The summed E-state index contributed by atoms with van der Waals surface area (Å²) in [6, 6.07) is -33.1. The average molecular weight is 749 g/mol. The number of hydrogen-bond donors (Lipinski definition) is 0. The highest BCUT2D eigenvalue weighted by atomic mass is 15.2. The molecule has 56 heavy (non-hydrogen) atoms. The van der Waals surface area contributed by atoms with Gasteiger partial charge >= 0.3 is 0 Å². The molecule has 0 aliphatic heterocycles. The Kier molecular flexibility index (Phi) is 3.03. The Bertz CT molecular complexity index is 5020. The fourth-order valence-corrected chi connectivity index (χ4v) is 6.10. The minimum absolute atomic E-state index is 0.576. The molecule has 0 saturated carbocycles. The smallest absolute Gasteiger partial charge is 0.238 e. The first-order valence-corrected chi connectivity index (χ1v) is 16.2. The molecule has 0 fully saturated rings. The standard InChI is InChI=1S/C51H33N5/c1-3-15-34(16-4-1)36-27-29-37(30-28-36)49-52-50(54-51(53-49)56-45-24-12-8-19-39(45)40-20-9-13-25-46(40)56)43-22-10-14-26-47(43)55-44-23-11-7-21-41(44)42-32-31-38(33-48(42)55)35-17-5-2-6-18-35/h1-33H/i1D,2D,3D,4D,5D,6D,7D,8D,9D,10D,11D,12D,13D,14D,15D,16D,17D,18D,19D,20D,21D,22D,23D,24D,25D,26D,27D,28D,29D,30D,31D,32D,33D. The molecule has 0 spiro atoms. The van der Waals surface area contributed by atoms with Gasteiger partial charge in [-0.3, -0.25) is 4.57 Å². The first-order chi connectivity index (χ1) is 41.5. The molecular formula is C51H33N5. The lowest BCUT2D eigenvalue weighted by molar-refractivity contribution is 0.951. The molecule has 0 saturated heterocycles. The van der Waals surface area contributed by atoms with Gasteiger partial charge in [0.15, 0.2) is 11.6 Å². The van der Waals surface area contributed by atoms with Crippen molar-refractivity contribution in [2.24, 2.45) is 0 Å². The topological polar surface area (TPSA) is 48.5 Å². The van der Waals surface area contributed by atoms with Crippen LogP contribution in [0.1, 0.15) is 45.2 Å². The highest BCUT2D eigenvalue weighted by molar-refractivity contribution is 6.11. The Morgan fingerprint density at radius 1 is 0.321 bits per heavy atom. The Morgan fingerprint density at radius 2 is 0.768 bits per heavy atom. The van der Waals surface area contributed by atoms with Crippen molar-refractivity contribution in [3.63, 3.8) is 0 Å². The third kappa shape index (κ3) is 5.21. The van der Waals surface area contributed by atoms with Gasteiger partial charge in [0.2, 0.25) is 5.95 Å².